The number of allylic oxidation sites excluding steroid dienone is 2. The molecule has 2 aliphatic rings. The summed E-state index contributed by atoms with van der Waals surface area (Å²) in [6.45, 7) is 17.9. The lowest BCUT2D eigenvalue weighted by atomic mass is 9.70. The van der Waals surface area contributed by atoms with Crippen molar-refractivity contribution < 1.29 is 0 Å². The fraction of sp³-hybridized carbons (Fsp3) is 0.545. The molecule has 1 aromatic rings. The van der Waals surface area contributed by atoms with Crippen LogP contribution in [0.5, 0.6) is 0 Å². The Morgan fingerprint density at radius 2 is 1.17 bits per heavy atom. The molecule has 0 aromatic heterocycles. The molecule has 0 fully saturated rings. The fourth-order valence-corrected chi connectivity index (χ4v) is 5.07. The molecule has 0 aliphatic carbocycles. The Kier molecular flexibility index (Phi) is 4.27. The molecular weight excluding hydrogens is 292 g/mol. The van der Waals surface area contributed by atoms with Gasteiger partial charge in [-0.3, -0.25) is 0 Å². The molecule has 0 amide bonds. The van der Waals surface area contributed by atoms with Gasteiger partial charge in [-0.2, -0.15) is 0 Å². The van der Waals surface area contributed by atoms with E-state index in [9.17, 15) is 0 Å². The zero-order chi connectivity index (χ0) is 17.5. The van der Waals surface area contributed by atoms with Crippen LogP contribution in [0.1, 0.15) is 77.3 Å². The summed E-state index contributed by atoms with van der Waals surface area (Å²) in [5.41, 5.74) is 7.85. The van der Waals surface area contributed by atoms with Crippen molar-refractivity contribution in [1.29, 1.82) is 0 Å². The van der Waals surface area contributed by atoms with Crippen LogP contribution in [0.25, 0.3) is 0 Å². The van der Waals surface area contributed by atoms with E-state index in [2.05, 4.69) is 63.6 Å². The van der Waals surface area contributed by atoms with Gasteiger partial charge in [-0.15, -0.1) is 0 Å². The smallest absolute Gasteiger partial charge is 0.0445 e. The monoisotopic (exact) mass is 324 g/mol. The molecule has 2 unspecified atom stereocenters. The highest BCUT2D eigenvalue weighted by atomic mass is 15.0. The minimum atomic E-state index is 0.0781. The number of rotatable bonds is 6. The normalized spacial score (nSPS) is 27.7. The van der Waals surface area contributed by atoms with E-state index in [1.165, 1.54) is 46.7 Å². The standard InChI is InChI=1S/C22H32N2/c1-7-11-21(9-3)15(5)23-19-14-20-18(13-17(19)21)22(10-4,12-8-2)16(6)24-20/h13-14,23-24H,5-12H2,1-4H3. The summed E-state index contributed by atoms with van der Waals surface area (Å²) in [4.78, 5) is 0. The van der Waals surface area contributed by atoms with Gasteiger partial charge >= 0.3 is 0 Å². The lowest BCUT2D eigenvalue weighted by Gasteiger charge is -2.32. The third-order valence-electron chi connectivity index (χ3n) is 6.48. The van der Waals surface area contributed by atoms with Crippen LogP contribution in [0.2, 0.25) is 0 Å². The van der Waals surface area contributed by atoms with Crippen molar-refractivity contribution in [3.05, 3.63) is 47.8 Å². The molecule has 130 valence electrons. The number of benzene rings is 1. The lowest BCUT2D eigenvalue weighted by molar-refractivity contribution is 0.446. The summed E-state index contributed by atoms with van der Waals surface area (Å²) in [5.74, 6) is 0. The molecule has 0 bridgehead atoms. The first-order chi connectivity index (χ1) is 11.5. The van der Waals surface area contributed by atoms with Gasteiger partial charge in [0.2, 0.25) is 0 Å². The van der Waals surface area contributed by atoms with Gasteiger partial charge in [0.15, 0.2) is 0 Å². The van der Waals surface area contributed by atoms with Gasteiger partial charge in [-0.05, 0) is 48.9 Å². The maximum absolute atomic E-state index is 4.37. The highest BCUT2D eigenvalue weighted by Crippen LogP contribution is 2.55. The van der Waals surface area contributed by atoms with Crippen molar-refractivity contribution in [2.75, 3.05) is 10.6 Å². The number of nitrogens with one attached hydrogen (secondary N) is 2. The van der Waals surface area contributed by atoms with Crippen LogP contribution in [0.15, 0.2) is 36.7 Å². The molecule has 2 heteroatoms. The van der Waals surface area contributed by atoms with Gasteiger partial charge in [-0.25, -0.2) is 0 Å². The Bertz CT molecular complexity index is 632. The lowest BCUT2D eigenvalue weighted by Crippen LogP contribution is -2.27. The summed E-state index contributed by atoms with van der Waals surface area (Å²) < 4.78 is 0. The summed E-state index contributed by atoms with van der Waals surface area (Å²) >= 11 is 0. The van der Waals surface area contributed by atoms with Crippen molar-refractivity contribution in [2.24, 2.45) is 0 Å². The Morgan fingerprint density at radius 1 is 0.750 bits per heavy atom. The van der Waals surface area contributed by atoms with Crippen molar-refractivity contribution in [3.63, 3.8) is 0 Å². The van der Waals surface area contributed by atoms with Crippen LogP contribution >= 0.6 is 0 Å². The van der Waals surface area contributed by atoms with E-state index in [-0.39, 0.29) is 10.8 Å². The van der Waals surface area contributed by atoms with Gasteiger partial charge in [0.25, 0.3) is 0 Å². The minimum absolute atomic E-state index is 0.0781. The molecule has 0 saturated heterocycles. The van der Waals surface area contributed by atoms with Gasteiger partial charge in [0.05, 0.1) is 0 Å². The zero-order valence-corrected chi connectivity index (χ0v) is 15.8. The molecule has 0 saturated carbocycles. The van der Waals surface area contributed by atoms with Crippen LogP contribution in [0.4, 0.5) is 11.4 Å². The van der Waals surface area contributed by atoms with E-state index in [0.29, 0.717) is 0 Å². The van der Waals surface area contributed by atoms with E-state index in [4.69, 9.17) is 0 Å². The van der Waals surface area contributed by atoms with Gasteiger partial charge in [-0.1, -0.05) is 53.7 Å². The number of hydrogen-bond acceptors (Lipinski definition) is 2. The van der Waals surface area contributed by atoms with Crippen LogP contribution in [-0.4, -0.2) is 0 Å². The van der Waals surface area contributed by atoms with E-state index in [1.807, 2.05) is 0 Å². The van der Waals surface area contributed by atoms with E-state index in [1.54, 1.807) is 0 Å². The summed E-state index contributed by atoms with van der Waals surface area (Å²) in [6, 6.07) is 4.76. The molecule has 2 aliphatic heterocycles. The highest BCUT2D eigenvalue weighted by molar-refractivity contribution is 5.79. The van der Waals surface area contributed by atoms with E-state index < -0.39 is 0 Å². The second-order valence-corrected chi connectivity index (χ2v) is 7.52. The SMILES string of the molecule is C=C1Nc2cc3c(cc2C1(CC)CCC)C(CC)(CCC)C(=C)N3. The maximum Gasteiger partial charge on any atom is 0.0445 e. The zero-order valence-electron chi connectivity index (χ0n) is 15.8. The van der Waals surface area contributed by atoms with Crippen LogP contribution in [0, 0.1) is 0 Å². The molecule has 0 spiro atoms. The largest absolute Gasteiger partial charge is 0.358 e. The molecule has 1 aromatic carbocycles. The predicted octanol–water partition coefficient (Wildman–Crippen LogP) is 6.46. The first-order valence-electron chi connectivity index (χ1n) is 9.60. The average molecular weight is 325 g/mol. The van der Waals surface area contributed by atoms with Crippen LogP contribution in [-0.2, 0) is 10.8 Å². The van der Waals surface area contributed by atoms with Crippen LogP contribution < -0.4 is 10.6 Å². The summed E-state index contributed by atoms with van der Waals surface area (Å²) in [7, 11) is 0. The number of anilines is 2. The Balaban J connectivity index is 2.19. The Hall–Kier alpha value is -1.70. The third kappa shape index (κ3) is 2.08. The Labute approximate surface area is 147 Å². The maximum atomic E-state index is 4.37. The summed E-state index contributed by atoms with van der Waals surface area (Å²) in [5, 5.41) is 7.16. The van der Waals surface area contributed by atoms with E-state index >= 15 is 0 Å². The fourth-order valence-electron chi connectivity index (χ4n) is 5.07. The average Bonchev–Trinajstić information content (AvgIpc) is 2.98. The highest BCUT2D eigenvalue weighted by Gasteiger charge is 2.45. The Morgan fingerprint density at radius 3 is 1.50 bits per heavy atom. The first-order valence-corrected chi connectivity index (χ1v) is 9.60. The number of fused-ring (bicyclic) bond motifs is 2. The molecule has 24 heavy (non-hydrogen) atoms. The van der Waals surface area contributed by atoms with Crippen LogP contribution in [0.3, 0.4) is 0 Å². The van der Waals surface area contributed by atoms with Crippen molar-refractivity contribution in [3.8, 4) is 0 Å². The van der Waals surface area contributed by atoms with Gasteiger partial charge in [0.1, 0.15) is 0 Å². The quantitative estimate of drug-likeness (QED) is 0.627. The molecule has 2 nitrogen and oxygen atoms in total. The molecule has 2 heterocycles. The molecule has 3 rings (SSSR count). The second-order valence-electron chi connectivity index (χ2n) is 7.52. The third-order valence-corrected chi connectivity index (χ3v) is 6.48. The predicted molar refractivity (Wildman–Crippen MR) is 106 cm³/mol. The topological polar surface area (TPSA) is 24.1 Å². The first kappa shape index (κ1) is 17.1. The van der Waals surface area contributed by atoms with Crippen molar-refractivity contribution in [2.45, 2.75) is 77.0 Å². The van der Waals surface area contributed by atoms with Gasteiger partial charge in [0, 0.05) is 33.6 Å². The molecule has 0 radical (unpaired) electrons. The molecular formula is C22H32N2. The summed E-state index contributed by atoms with van der Waals surface area (Å²) in [6.07, 6.45) is 6.85. The second kappa shape index (κ2) is 5.98. The van der Waals surface area contributed by atoms with Crippen molar-refractivity contribution in [1.82, 2.24) is 0 Å². The molecule has 2 N–H and O–H groups in total. The van der Waals surface area contributed by atoms with Crippen molar-refractivity contribution >= 4 is 11.4 Å². The van der Waals surface area contributed by atoms with E-state index in [0.717, 1.165) is 25.7 Å². The molecule has 2 atom stereocenters. The minimum Gasteiger partial charge on any atom is -0.358 e. The number of hydrogen-bond donors (Lipinski definition) is 2. The van der Waals surface area contributed by atoms with Gasteiger partial charge < -0.3 is 10.6 Å².